The summed E-state index contributed by atoms with van der Waals surface area (Å²) in [5, 5.41) is 4.19. The summed E-state index contributed by atoms with van der Waals surface area (Å²) in [5.74, 6) is 0.727. The van der Waals surface area contributed by atoms with Gasteiger partial charge in [0.05, 0.1) is 0 Å². The van der Waals surface area contributed by atoms with Gasteiger partial charge in [-0.3, -0.25) is 0 Å². The fourth-order valence-corrected chi connectivity index (χ4v) is 1.95. The fourth-order valence-electron chi connectivity index (χ4n) is 1.82. The van der Waals surface area contributed by atoms with Crippen LogP contribution in [-0.4, -0.2) is 31.1 Å². The number of anilines is 1. The summed E-state index contributed by atoms with van der Waals surface area (Å²) in [4.78, 5) is 2.47. The van der Waals surface area contributed by atoms with E-state index < -0.39 is 0 Å². The second-order valence-electron chi connectivity index (χ2n) is 4.72. The van der Waals surface area contributed by atoms with E-state index in [9.17, 15) is 0 Å². The monoisotopic (exact) mass is 254 g/mol. The first-order valence-electron chi connectivity index (χ1n) is 6.33. The van der Waals surface area contributed by atoms with Gasteiger partial charge in [0.15, 0.2) is 0 Å². The fraction of sp³-hybridized carbons (Fsp3) is 0.571. The van der Waals surface area contributed by atoms with Crippen molar-refractivity contribution < 1.29 is 0 Å². The van der Waals surface area contributed by atoms with E-state index >= 15 is 0 Å². The van der Waals surface area contributed by atoms with Crippen LogP contribution in [0, 0.1) is 5.92 Å². The van der Waals surface area contributed by atoms with Crippen LogP contribution in [0.1, 0.15) is 20.8 Å². The van der Waals surface area contributed by atoms with E-state index in [4.69, 9.17) is 11.6 Å². The van der Waals surface area contributed by atoms with Crippen LogP contribution in [0.25, 0.3) is 0 Å². The molecule has 0 saturated heterocycles. The van der Waals surface area contributed by atoms with Crippen LogP contribution in [0.4, 0.5) is 5.69 Å². The molecular formula is C14H23ClN2. The Morgan fingerprint density at radius 2 is 1.88 bits per heavy atom. The van der Waals surface area contributed by atoms with Gasteiger partial charge in [0.2, 0.25) is 0 Å². The Labute approximate surface area is 110 Å². The van der Waals surface area contributed by atoms with Crippen LogP contribution in [0.3, 0.4) is 0 Å². The van der Waals surface area contributed by atoms with E-state index in [0.717, 1.165) is 36.3 Å². The molecule has 0 heterocycles. The zero-order chi connectivity index (χ0) is 12.7. The zero-order valence-corrected chi connectivity index (χ0v) is 11.8. The molecule has 0 aliphatic heterocycles. The van der Waals surface area contributed by atoms with E-state index in [0.29, 0.717) is 0 Å². The highest BCUT2D eigenvalue weighted by molar-refractivity contribution is 6.30. The minimum absolute atomic E-state index is 0.727. The van der Waals surface area contributed by atoms with Crippen molar-refractivity contribution >= 4 is 17.3 Å². The van der Waals surface area contributed by atoms with Crippen molar-refractivity contribution in [2.45, 2.75) is 20.8 Å². The highest BCUT2D eigenvalue weighted by Crippen LogP contribution is 2.12. The smallest absolute Gasteiger partial charge is 0.0407 e. The molecule has 0 aliphatic rings. The summed E-state index contributed by atoms with van der Waals surface area (Å²) in [7, 11) is 0. The number of rotatable bonds is 7. The second kappa shape index (κ2) is 7.57. The molecule has 0 aliphatic carbocycles. The SMILES string of the molecule is CCN(CCNc1ccc(Cl)cc1)CC(C)C. The maximum atomic E-state index is 5.84. The Bertz CT molecular complexity index is 309. The summed E-state index contributed by atoms with van der Waals surface area (Å²) < 4.78 is 0. The molecule has 0 fully saturated rings. The number of nitrogens with one attached hydrogen (secondary N) is 1. The third-order valence-corrected chi connectivity index (χ3v) is 2.92. The summed E-state index contributed by atoms with van der Waals surface area (Å²) in [6.07, 6.45) is 0. The van der Waals surface area contributed by atoms with E-state index in [2.05, 4.69) is 31.0 Å². The number of nitrogens with zero attached hydrogens (tertiary/aromatic N) is 1. The van der Waals surface area contributed by atoms with Crippen LogP contribution in [0.2, 0.25) is 5.02 Å². The lowest BCUT2D eigenvalue weighted by atomic mass is 10.2. The molecule has 17 heavy (non-hydrogen) atoms. The third-order valence-electron chi connectivity index (χ3n) is 2.67. The van der Waals surface area contributed by atoms with Gasteiger partial charge < -0.3 is 10.2 Å². The number of benzene rings is 1. The predicted molar refractivity (Wildman–Crippen MR) is 76.9 cm³/mol. The topological polar surface area (TPSA) is 15.3 Å². The van der Waals surface area contributed by atoms with Crippen LogP contribution >= 0.6 is 11.6 Å². The molecule has 1 aromatic carbocycles. The summed E-state index contributed by atoms with van der Waals surface area (Å²) in [5.41, 5.74) is 1.13. The van der Waals surface area contributed by atoms with E-state index in [1.807, 2.05) is 24.3 Å². The molecule has 1 N–H and O–H groups in total. The van der Waals surface area contributed by atoms with Gasteiger partial charge in [-0.05, 0) is 36.7 Å². The van der Waals surface area contributed by atoms with Crippen molar-refractivity contribution in [3.63, 3.8) is 0 Å². The van der Waals surface area contributed by atoms with Crippen LogP contribution in [0.15, 0.2) is 24.3 Å². The number of hydrogen-bond donors (Lipinski definition) is 1. The molecule has 0 unspecified atom stereocenters. The maximum absolute atomic E-state index is 5.84. The highest BCUT2D eigenvalue weighted by atomic mass is 35.5. The van der Waals surface area contributed by atoms with Gasteiger partial charge in [-0.25, -0.2) is 0 Å². The van der Waals surface area contributed by atoms with Crippen molar-refractivity contribution in [2.24, 2.45) is 5.92 Å². The quantitative estimate of drug-likeness (QED) is 0.798. The Balaban J connectivity index is 2.28. The normalized spacial score (nSPS) is 11.2. The minimum Gasteiger partial charge on any atom is -0.384 e. The average Bonchev–Trinajstić information content (AvgIpc) is 2.30. The lowest BCUT2D eigenvalue weighted by Crippen LogP contribution is -2.32. The minimum atomic E-state index is 0.727. The van der Waals surface area contributed by atoms with Crippen molar-refractivity contribution in [2.75, 3.05) is 31.5 Å². The molecule has 3 heteroatoms. The van der Waals surface area contributed by atoms with Crippen molar-refractivity contribution in [1.82, 2.24) is 4.90 Å². The molecule has 2 nitrogen and oxygen atoms in total. The summed E-state index contributed by atoms with van der Waals surface area (Å²) in [6.45, 7) is 11.1. The van der Waals surface area contributed by atoms with Gasteiger partial charge in [0.1, 0.15) is 0 Å². The lowest BCUT2D eigenvalue weighted by molar-refractivity contribution is 0.265. The first-order chi connectivity index (χ1) is 8.11. The first kappa shape index (κ1) is 14.3. The van der Waals surface area contributed by atoms with Gasteiger partial charge in [-0.1, -0.05) is 32.4 Å². The van der Waals surface area contributed by atoms with E-state index in [1.54, 1.807) is 0 Å². The Morgan fingerprint density at radius 3 is 2.41 bits per heavy atom. The van der Waals surface area contributed by atoms with Crippen molar-refractivity contribution in [3.05, 3.63) is 29.3 Å². The Morgan fingerprint density at radius 1 is 1.24 bits per heavy atom. The zero-order valence-electron chi connectivity index (χ0n) is 11.0. The molecule has 0 spiro atoms. The van der Waals surface area contributed by atoms with Gasteiger partial charge in [0.25, 0.3) is 0 Å². The molecule has 0 saturated carbocycles. The molecule has 1 rings (SSSR count). The van der Waals surface area contributed by atoms with Gasteiger partial charge in [-0.15, -0.1) is 0 Å². The number of likely N-dealkylation sites (N-methyl/N-ethyl adjacent to an activating group) is 1. The number of halogens is 1. The molecule has 0 radical (unpaired) electrons. The van der Waals surface area contributed by atoms with E-state index in [-0.39, 0.29) is 0 Å². The van der Waals surface area contributed by atoms with Gasteiger partial charge >= 0.3 is 0 Å². The summed E-state index contributed by atoms with van der Waals surface area (Å²) in [6, 6.07) is 7.85. The molecule has 0 atom stereocenters. The lowest BCUT2D eigenvalue weighted by Gasteiger charge is -2.22. The third kappa shape index (κ3) is 5.94. The molecule has 0 amide bonds. The molecule has 1 aromatic rings. The van der Waals surface area contributed by atoms with Crippen molar-refractivity contribution in [1.29, 1.82) is 0 Å². The maximum Gasteiger partial charge on any atom is 0.0407 e. The molecular weight excluding hydrogens is 232 g/mol. The Kier molecular flexibility index (Phi) is 6.38. The Hall–Kier alpha value is -0.730. The molecule has 0 bridgehead atoms. The van der Waals surface area contributed by atoms with Crippen molar-refractivity contribution in [3.8, 4) is 0 Å². The predicted octanol–water partition coefficient (Wildman–Crippen LogP) is 3.73. The standard InChI is InChI=1S/C14H23ClN2/c1-4-17(11-12(2)3)10-9-16-14-7-5-13(15)6-8-14/h5-8,12,16H,4,9-11H2,1-3H3. The average molecular weight is 255 g/mol. The van der Waals surface area contributed by atoms with Gasteiger partial charge in [0, 0.05) is 30.3 Å². The van der Waals surface area contributed by atoms with Gasteiger partial charge in [-0.2, -0.15) is 0 Å². The van der Waals surface area contributed by atoms with Crippen LogP contribution in [-0.2, 0) is 0 Å². The second-order valence-corrected chi connectivity index (χ2v) is 5.16. The number of hydrogen-bond acceptors (Lipinski definition) is 2. The van der Waals surface area contributed by atoms with Crippen LogP contribution < -0.4 is 5.32 Å². The van der Waals surface area contributed by atoms with E-state index in [1.165, 1.54) is 6.54 Å². The van der Waals surface area contributed by atoms with Crippen LogP contribution in [0.5, 0.6) is 0 Å². The first-order valence-corrected chi connectivity index (χ1v) is 6.71. The summed E-state index contributed by atoms with van der Waals surface area (Å²) >= 11 is 5.84. The molecule has 96 valence electrons. The molecule has 0 aromatic heterocycles. The largest absolute Gasteiger partial charge is 0.384 e. The highest BCUT2D eigenvalue weighted by Gasteiger charge is 2.04.